The minimum absolute atomic E-state index is 0.0133. The highest BCUT2D eigenvalue weighted by atomic mass is 32.1. The third kappa shape index (κ3) is 3.21. The van der Waals surface area contributed by atoms with Crippen LogP contribution < -0.4 is 20.8 Å². The number of fused-ring (bicyclic) bond motifs is 2. The van der Waals surface area contributed by atoms with E-state index in [1.807, 2.05) is 13.0 Å². The molecule has 2 aromatic heterocycles. The number of anilines is 1. The second-order valence-corrected chi connectivity index (χ2v) is 8.11. The molecule has 10 heteroatoms. The fourth-order valence-corrected chi connectivity index (χ4v) is 4.36. The highest BCUT2D eigenvalue weighted by Gasteiger charge is 2.44. The molecule has 2 aromatic carbocycles. The number of benzene rings is 2. The van der Waals surface area contributed by atoms with Gasteiger partial charge in [-0.2, -0.15) is 0 Å². The van der Waals surface area contributed by atoms with Crippen LogP contribution in [0.25, 0.3) is 11.0 Å². The van der Waals surface area contributed by atoms with Crippen molar-refractivity contribution in [3.63, 3.8) is 0 Å². The molecular weight excluding hydrogens is 432 g/mol. The molecule has 1 atom stereocenters. The highest BCUT2D eigenvalue weighted by molar-refractivity contribution is 7.13. The van der Waals surface area contributed by atoms with Crippen molar-refractivity contribution < 1.29 is 18.7 Å². The number of rotatable bonds is 5. The fraction of sp³-hybridized carbons (Fsp3) is 0.136. The summed E-state index contributed by atoms with van der Waals surface area (Å²) in [5.41, 5.74) is 8.51. The van der Waals surface area contributed by atoms with Gasteiger partial charge in [0.25, 0.3) is 11.8 Å². The lowest BCUT2D eigenvalue weighted by Crippen LogP contribution is -2.29. The normalized spacial score (nSPS) is 15.2. The van der Waals surface area contributed by atoms with Crippen LogP contribution in [0.1, 0.15) is 33.3 Å². The summed E-state index contributed by atoms with van der Waals surface area (Å²) in [7, 11) is 0. The van der Waals surface area contributed by atoms with Gasteiger partial charge in [-0.1, -0.05) is 35.1 Å². The molecule has 0 fully saturated rings. The number of hydrogen-bond acceptors (Lipinski definition) is 8. The molecule has 0 radical (unpaired) electrons. The van der Waals surface area contributed by atoms with E-state index in [2.05, 4.69) is 10.2 Å². The average Bonchev–Trinajstić information content (AvgIpc) is 3.40. The first-order valence-corrected chi connectivity index (χ1v) is 10.5. The van der Waals surface area contributed by atoms with Gasteiger partial charge in [0.15, 0.2) is 12.0 Å². The molecule has 1 aliphatic heterocycles. The summed E-state index contributed by atoms with van der Waals surface area (Å²) in [5, 5.41) is 8.63. The first kappa shape index (κ1) is 19.9. The zero-order chi connectivity index (χ0) is 22.4. The summed E-state index contributed by atoms with van der Waals surface area (Å²) in [4.78, 5) is 39.2. The maximum absolute atomic E-state index is 13.5. The van der Waals surface area contributed by atoms with Crippen molar-refractivity contribution in [2.75, 3.05) is 11.5 Å². The van der Waals surface area contributed by atoms with E-state index in [0.717, 1.165) is 5.56 Å². The molecule has 4 aromatic rings. The van der Waals surface area contributed by atoms with E-state index in [1.165, 1.54) is 21.7 Å². The molecule has 3 heterocycles. The number of carbonyl (C=O) groups excluding carboxylic acids is 2. The summed E-state index contributed by atoms with van der Waals surface area (Å²) >= 11 is 1.18. The van der Waals surface area contributed by atoms with Crippen LogP contribution in [-0.2, 0) is 4.79 Å². The van der Waals surface area contributed by atoms with E-state index in [9.17, 15) is 14.4 Å². The van der Waals surface area contributed by atoms with Gasteiger partial charge in [-0.05, 0) is 36.8 Å². The summed E-state index contributed by atoms with van der Waals surface area (Å²) in [6.07, 6.45) is 0. The van der Waals surface area contributed by atoms with Crippen LogP contribution >= 0.6 is 11.3 Å². The second kappa shape index (κ2) is 7.57. The zero-order valence-corrected chi connectivity index (χ0v) is 17.6. The van der Waals surface area contributed by atoms with Crippen LogP contribution in [0.15, 0.2) is 57.2 Å². The summed E-state index contributed by atoms with van der Waals surface area (Å²) in [5.74, 6) is -0.636. The molecule has 0 spiro atoms. The molecular formula is C22H16N4O5S. The lowest BCUT2D eigenvalue weighted by atomic mass is 9.98. The van der Waals surface area contributed by atoms with E-state index in [0.29, 0.717) is 27.4 Å². The van der Waals surface area contributed by atoms with Crippen molar-refractivity contribution in [1.29, 1.82) is 0 Å². The van der Waals surface area contributed by atoms with Crippen LogP contribution in [0.3, 0.4) is 0 Å². The molecule has 1 unspecified atom stereocenters. The molecule has 2 N–H and O–H groups in total. The van der Waals surface area contributed by atoms with Crippen LogP contribution in [0.5, 0.6) is 5.75 Å². The van der Waals surface area contributed by atoms with Crippen LogP contribution in [0.2, 0.25) is 0 Å². The van der Waals surface area contributed by atoms with Crippen molar-refractivity contribution in [3.8, 4) is 5.75 Å². The summed E-state index contributed by atoms with van der Waals surface area (Å²) in [6.45, 7) is 1.63. The molecule has 0 saturated heterocycles. The Bertz CT molecular complexity index is 1410. The van der Waals surface area contributed by atoms with Crippen molar-refractivity contribution in [2.24, 2.45) is 5.73 Å². The first-order valence-electron chi connectivity index (χ1n) is 9.62. The van der Waals surface area contributed by atoms with Gasteiger partial charge in [-0.25, -0.2) is 0 Å². The molecule has 0 aliphatic carbocycles. The van der Waals surface area contributed by atoms with Gasteiger partial charge in [-0.15, -0.1) is 10.2 Å². The number of aryl methyl sites for hydroxylation is 1. The predicted molar refractivity (Wildman–Crippen MR) is 117 cm³/mol. The zero-order valence-electron chi connectivity index (χ0n) is 16.8. The van der Waals surface area contributed by atoms with E-state index in [1.54, 1.807) is 36.4 Å². The van der Waals surface area contributed by atoms with E-state index in [-0.39, 0.29) is 23.4 Å². The van der Waals surface area contributed by atoms with Crippen LogP contribution in [0.4, 0.5) is 5.13 Å². The third-order valence-electron chi connectivity index (χ3n) is 5.16. The number of nitrogens with zero attached hydrogens (tertiary/aromatic N) is 3. The van der Waals surface area contributed by atoms with Gasteiger partial charge in [0.05, 0.1) is 17.0 Å². The number of carbonyl (C=O) groups is 2. The number of ether oxygens (including phenoxy) is 1. The van der Waals surface area contributed by atoms with Crippen LogP contribution in [-0.4, -0.2) is 28.6 Å². The minimum Gasteiger partial charge on any atom is -0.484 e. The van der Waals surface area contributed by atoms with Gasteiger partial charge < -0.3 is 14.9 Å². The van der Waals surface area contributed by atoms with Gasteiger partial charge in [0.1, 0.15) is 16.8 Å². The van der Waals surface area contributed by atoms with Gasteiger partial charge in [0.2, 0.25) is 10.9 Å². The van der Waals surface area contributed by atoms with Gasteiger partial charge >= 0.3 is 0 Å². The van der Waals surface area contributed by atoms with Crippen molar-refractivity contribution in [2.45, 2.75) is 13.0 Å². The largest absolute Gasteiger partial charge is 0.484 e. The monoisotopic (exact) mass is 448 g/mol. The molecule has 0 bridgehead atoms. The number of amides is 2. The maximum atomic E-state index is 13.5. The summed E-state index contributed by atoms with van der Waals surface area (Å²) in [6, 6.07) is 11.2. The standard InChI is InChI=1S/C22H16N4O5S/c1-11-2-7-15-14(8-11)19(28)17-18(12-3-5-13(6-4-12)30-9-16(23)27)26(21(29)20(17)31-15)22-25-24-10-32-22/h2-8,10,18H,9H2,1H3,(H2,23,27). The van der Waals surface area contributed by atoms with E-state index in [4.69, 9.17) is 14.9 Å². The first-order chi connectivity index (χ1) is 15.4. The Labute approximate surface area is 185 Å². The molecule has 9 nitrogen and oxygen atoms in total. The Morgan fingerprint density at radius 3 is 2.69 bits per heavy atom. The van der Waals surface area contributed by atoms with Gasteiger partial charge in [0, 0.05) is 0 Å². The lowest BCUT2D eigenvalue weighted by Gasteiger charge is -2.22. The highest BCUT2D eigenvalue weighted by Crippen LogP contribution is 2.41. The number of hydrogen-bond donors (Lipinski definition) is 1. The van der Waals surface area contributed by atoms with E-state index < -0.39 is 17.9 Å². The Kier molecular flexibility index (Phi) is 4.71. The number of nitrogens with two attached hydrogens (primary N) is 1. The Morgan fingerprint density at radius 2 is 2.00 bits per heavy atom. The smallest absolute Gasteiger partial charge is 0.297 e. The number of aromatic nitrogens is 2. The van der Waals surface area contributed by atoms with Crippen molar-refractivity contribution >= 4 is 39.3 Å². The predicted octanol–water partition coefficient (Wildman–Crippen LogP) is 2.57. The Morgan fingerprint density at radius 1 is 1.22 bits per heavy atom. The Balaban J connectivity index is 1.68. The average molecular weight is 448 g/mol. The lowest BCUT2D eigenvalue weighted by molar-refractivity contribution is -0.119. The number of primary amides is 1. The molecule has 160 valence electrons. The maximum Gasteiger partial charge on any atom is 0.297 e. The molecule has 1 aliphatic rings. The van der Waals surface area contributed by atoms with E-state index >= 15 is 0 Å². The van der Waals surface area contributed by atoms with Crippen LogP contribution in [0, 0.1) is 6.92 Å². The topological polar surface area (TPSA) is 129 Å². The molecule has 2 amide bonds. The molecule has 32 heavy (non-hydrogen) atoms. The molecule has 0 saturated carbocycles. The minimum atomic E-state index is -0.753. The second-order valence-electron chi connectivity index (χ2n) is 7.30. The third-order valence-corrected chi connectivity index (χ3v) is 5.85. The van der Waals surface area contributed by atoms with Gasteiger partial charge in [-0.3, -0.25) is 19.3 Å². The quantitative estimate of drug-likeness (QED) is 0.497. The molecule has 5 rings (SSSR count). The van der Waals surface area contributed by atoms with Crippen molar-refractivity contribution in [3.05, 3.63) is 80.6 Å². The van der Waals surface area contributed by atoms with Crippen molar-refractivity contribution in [1.82, 2.24) is 10.2 Å². The fourth-order valence-electron chi connectivity index (χ4n) is 3.77. The summed E-state index contributed by atoms with van der Waals surface area (Å²) < 4.78 is 11.2. The Hall–Kier alpha value is -4.05. The SMILES string of the molecule is Cc1ccc2oc3c(c(=O)c2c1)C(c1ccc(OCC(N)=O)cc1)N(c1nncs1)C3=O.